The lowest BCUT2D eigenvalue weighted by Gasteiger charge is -2.25. The molecule has 0 aromatic heterocycles. The van der Waals surface area contributed by atoms with Crippen molar-refractivity contribution in [2.75, 3.05) is 11.4 Å². The van der Waals surface area contributed by atoms with E-state index >= 15 is 0 Å². The third-order valence-corrected chi connectivity index (χ3v) is 4.46. The Labute approximate surface area is 152 Å². The molecule has 0 spiro atoms. The van der Waals surface area contributed by atoms with Crippen molar-refractivity contribution in [2.24, 2.45) is 4.99 Å². The molecule has 0 radical (unpaired) electrons. The number of nitrogens with zero attached hydrogens (tertiary/aromatic N) is 2. The summed E-state index contributed by atoms with van der Waals surface area (Å²) in [5.74, 6) is -0.933. The van der Waals surface area contributed by atoms with Gasteiger partial charge in [0.05, 0.1) is 0 Å². The van der Waals surface area contributed by atoms with E-state index in [0.717, 1.165) is 6.08 Å². The number of carbonyl (C=O) groups is 2. The zero-order chi connectivity index (χ0) is 18.9. The van der Waals surface area contributed by atoms with Crippen LogP contribution in [0.5, 0.6) is 0 Å². The molecule has 138 valence electrons. The minimum absolute atomic E-state index is 0.0501. The number of hydrogen-bond donors (Lipinski definition) is 1. The van der Waals surface area contributed by atoms with Crippen LogP contribution in [0.4, 0.5) is 18.9 Å². The molecule has 9 heteroatoms. The molecule has 1 N–H and O–H groups in total. The van der Waals surface area contributed by atoms with E-state index in [1.807, 2.05) is 0 Å². The fourth-order valence-corrected chi connectivity index (χ4v) is 3.07. The number of benzene rings is 1. The molecular formula is C17H15ClF3N3O2. The highest BCUT2D eigenvalue weighted by Crippen LogP contribution is 2.30. The molecular weight excluding hydrogens is 371 g/mol. The molecule has 2 aliphatic rings. The van der Waals surface area contributed by atoms with Crippen molar-refractivity contribution in [1.82, 2.24) is 5.32 Å². The van der Waals surface area contributed by atoms with Gasteiger partial charge in [-0.05, 0) is 43.2 Å². The topological polar surface area (TPSA) is 61.8 Å². The fraction of sp³-hybridized carbons (Fsp3) is 0.353. The van der Waals surface area contributed by atoms with Crippen molar-refractivity contribution in [3.63, 3.8) is 0 Å². The third kappa shape index (κ3) is 3.90. The number of aliphatic imine (C=N–C) groups is 1. The van der Waals surface area contributed by atoms with Crippen LogP contribution < -0.4 is 10.2 Å². The van der Waals surface area contributed by atoms with E-state index in [0.29, 0.717) is 10.7 Å². The summed E-state index contributed by atoms with van der Waals surface area (Å²) in [7, 11) is 0. The summed E-state index contributed by atoms with van der Waals surface area (Å²) in [5, 5.41) is 2.90. The van der Waals surface area contributed by atoms with Gasteiger partial charge >= 0.3 is 6.18 Å². The zero-order valence-corrected chi connectivity index (χ0v) is 14.3. The average molecular weight is 386 g/mol. The number of nitrogens with one attached hydrogen (secondary N) is 1. The summed E-state index contributed by atoms with van der Waals surface area (Å²) in [6, 6.07) is 5.62. The van der Waals surface area contributed by atoms with Gasteiger partial charge in [0, 0.05) is 29.2 Å². The monoisotopic (exact) mass is 385 g/mol. The minimum atomic E-state index is -4.45. The predicted molar refractivity (Wildman–Crippen MR) is 91.2 cm³/mol. The van der Waals surface area contributed by atoms with Gasteiger partial charge in [-0.2, -0.15) is 13.2 Å². The molecule has 2 aliphatic heterocycles. The molecule has 26 heavy (non-hydrogen) atoms. The van der Waals surface area contributed by atoms with Crippen molar-refractivity contribution in [1.29, 1.82) is 0 Å². The Hall–Kier alpha value is -2.35. The Morgan fingerprint density at radius 1 is 1.23 bits per heavy atom. The average Bonchev–Trinajstić information content (AvgIpc) is 2.97. The zero-order valence-electron chi connectivity index (χ0n) is 13.5. The normalized spacial score (nSPS) is 20.7. The summed E-state index contributed by atoms with van der Waals surface area (Å²) >= 11 is 5.84. The first-order valence-corrected chi connectivity index (χ1v) is 8.34. The Morgan fingerprint density at radius 2 is 1.92 bits per heavy atom. The molecule has 1 fully saturated rings. The molecule has 0 saturated carbocycles. The molecule has 0 aliphatic carbocycles. The third-order valence-electron chi connectivity index (χ3n) is 4.21. The van der Waals surface area contributed by atoms with Crippen molar-refractivity contribution in [2.45, 2.75) is 31.5 Å². The SMILES string of the molecule is O=C(NC1=NCCC(C(F)(F)F)=C1)C1CCC(=O)N1c1ccc(Cl)cc1. The van der Waals surface area contributed by atoms with Gasteiger partial charge in [-0.25, -0.2) is 0 Å². The second kappa shape index (κ2) is 7.11. The molecule has 1 aromatic rings. The van der Waals surface area contributed by atoms with Crippen molar-refractivity contribution in [3.8, 4) is 0 Å². The standard InChI is InChI=1S/C17H15ClF3N3O2/c18-11-1-3-12(4-2-11)24-13(5-6-15(24)25)16(26)23-14-9-10(7-8-22-14)17(19,20)21/h1-4,9,13H,5-8H2,(H,22,23,26). The van der Waals surface area contributed by atoms with E-state index in [1.54, 1.807) is 24.3 Å². The number of anilines is 1. The first kappa shape index (κ1) is 18.4. The second-order valence-electron chi connectivity index (χ2n) is 5.97. The highest BCUT2D eigenvalue weighted by atomic mass is 35.5. The van der Waals surface area contributed by atoms with Crippen LogP contribution in [-0.2, 0) is 9.59 Å². The number of alkyl halides is 3. The van der Waals surface area contributed by atoms with Crippen LogP contribution in [0.3, 0.4) is 0 Å². The van der Waals surface area contributed by atoms with Gasteiger partial charge < -0.3 is 5.32 Å². The van der Waals surface area contributed by atoms with Crippen LogP contribution in [0.15, 0.2) is 40.9 Å². The highest BCUT2D eigenvalue weighted by Gasteiger charge is 2.38. The molecule has 2 amide bonds. The van der Waals surface area contributed by atoms with Crippen LogP contribution in [0, 0.1) is 0 Å². The summed E-state index contributed by atoms with van der Waals surface area (Å²) in [6.45, 7) is -0.0501. The predicted octanol–water partition coefficient (Wildman–Crippen LogP) is 3.24. The van der Waals surface area contributed by atoms with Gasteiger partial charge in [0.2, 0.25) is 11.8 Å². The van der Waals surface area contributed by atoms with E-state index in [2.05, 4.69) is 10.3 Å². The Bertz CT molecular complexity index is 787. The van der Waals surface area contributed by atoms with Crippen LogP contribution in [0.2, 0.25) is 5.02 Å². The highest BCUT2D eigenvalue weighted by molar-refractivity contribution is 6.30. The number of hydrogen-bond acceptors (Lipinski definition) is 3. The van der Waals surface area contributed by atoms with E-state index in [1.165, 1.54) is 4.90 Å². The molecule has 2 heterocycles. The quantitative estimate of drug-likeness (QED) is 0.849. The maximum Gasteiger partial charge on any atom is 0.412 e. The van der Waals surface area contributed by atoms with Crippen LogP contribution in [0.1, 0.15) is 19.3 Å². The lowest BCUT2D eigenvalue weighted by Crippen LogP contribution is -2.47. The Kier molecular flexibility index (Phi) is 5.04. The maximum absolute atomic E-state index is 12.8. The van der Waals surface area contributed by atoms with Crippen LogP contribution in [0.25, 0.3) is 0 Å². The van der Waals surface area contributed by atoms with Gasteiger partial charge in [0.15, 0.2) is 0 Å². The number of amides is 2. The molecule has 1 atom stereocenters. The summed E-state index contributed by atoms with van der Waals surface area (Å²) in [5.41, 5.74) is -0.228. The van der Waals surface area contributed by atoms with Crippen molar-refractivity contribution < 1.29 is 22.8 Å². The van der Waals surface area contributed by atoms with Gasteiger partial charge in [-0.1, -0.05) is 11.6 Å². The molecule has 3 rings (SSSR count). The number of halogens is 4. The van der Waals surface area contributed by atoms with Crippen molar-refractivity contribution in [3.05, 3.63) is 40.9 Å². The lowest BCUT2D eigenvalue weighted by molar-refractivity contribution is -0.122. The van der Waals surface area contributed by atoms with Gasteiger partial charge in [-0.3, -0.25) is 19.5 Å². The largest absolute Gasteiger partial charge is 0.412 e. The Morgan fingerprint density at radius 3 is 2.58 bits per heavy atom. The molecule has 5 nitrogen and oxygen atoms in total. The smallest absolute Gasteiger partial charge is 0.309 e. The second-order valence-corrected chi connectivity index (χ2v) is 6.40. The summed E-state index contributed by atoms with van der Waals surface area (Å²) in [4.78, 5) is 30.0. The van der Waals surface area contributed by atoms with E-state index in [9.17, 15) is 22.8 Å². The summed E-state index contributed by atoms with van der Waals surface area (Å²) in [6.07, 6.45) is -3.38. The maximum atomic E-state index is 12.8. The number of carbonyl (C=O) groups excluding carboxylic acids is 2. The first-order chi connectivity index (χ1) is 12.3. The van der Waals surface area contributed by atoms with E-state index in [4.69, 9.17) is 11.6 Å². The lowest BCUT2D eigenvalue weighted by atomic mass is 10.1. The van der Waals surface area contributed by atoms with Gasteiger partial charge in [0.25, 0.3) is 0 Å². The first-order valence-electron chi connectivity index (χ1n) is 7.96. The Balaban J connectivity index is 1.76. The number of dihydropyridines is 1. The van der Waals surface area contributed by atoms with Gasteiger partial charge in [-0.15, -0.1) is 0 Å². The van der Waals surface area contributed by atoms with E-state index < -0.39 is 23.7 Å². The molecule has 1 unspecified atom stereocenters. The molecule has 0 bridgehead atoms. The van der Waals surface area contributed by atoms with Crippen LogP contribution >= 0.6 is 11.6 Å². The number of amidine groups is 1. The number of rotatable bonds is 2. The van der Waals surface area contributed by atoms with Crippen LogP contribution in [-0.4, -0.2) is 36.4 Å². The minimum Gasteiger partial charge on any atom is -0.309 e. The van der Waals surface area contributed by atoms with Gasteiger partial charge in [0.1, 0.15) is 11.9 Å². The van der Waals surface area contributed by atoms with E-state index in [-0.39, 0.29) is 37.6 Å². The fourth-order valence-electron chi connectivity index (χ4n) is 2.95. The summed E-state index contributed by atoms with van der Waals surface area (Å²) < 4.78 is 38.5. The van der Waals surface area contributed by atoms with Crippen molar-refractivity contribution >= 4 is 34.9 Å². The molecule has 1 aromatic carbocycles. The molecule has 1 saturated heterocycles.